The summed E-state index contributed by atoms with van der Waals surface area (Å²) in [6.45, 7) is 3.59. The van der Waals surface area contributed by atoms with E-state index in [0.717, 1.165) is 30.5 Å². The van der Waals surface area contributed by atoms with Gasteiger partial charge in [-0.05, 0) is 55.0 Å². The maximum Gasteiger partial charge on any atom is 0.263 e. The molecule has 5 rings (SSSR count). The van der Waals surface area contributed by atoms with Crippen LogP contribution in [0.25, 0.3) is 10.9 Å². The Morgan fingerprint density at radius 2 is 1.81 bits per heavy atom. The molecule has 2 aliphatic heterocycles. The third-order valence-electron chi connectivity index (χ3n) is 6.60. The number of carbonyl (C=O) groups is 1. The minimum atomic E-state index is -3.70. The van der Waals surface area contributed by atoms with Gasteiger partial charge in [-0.25, -0.2) is 8.42 Å². The van der Waals surface area contributed by atoms with E-state index in [2.05, 4.69) is 11.9 Å². The molecule has 0 bridgehead atoms. The Morgan fingerprint density at radius 3 is 2.59 bits per heavy atom. The third kappa shape index (κ3) is 3.43. The minimum Gasteiger partial charge on any atom is -0.360 e. The molecule has 3 aromatic rings. The summed E-state index contributed by atoms with van der Waals surface area (Å²) < 4.78 is 27.8. The molecule has 0 spiro atoms. The van der Waals surface area contributed by atoms with Crippen molar-refractivity contribution in [2.75, 3.05) is 24.5 Å². The molecule has 0 radical (unpaired) electrons. The van der Waals surface area contributed by atoms with Crippen LogP contribution in [-0.4, -0.2) is 43.2 Å². The molecule has 1 saturated heterocycles. The Morgan fingerprint density at radius 1 is 1.06 bits per heavy atom. The number of nitrogens with zero attached hydrogens (tertiary/aromatic N) is 2. The van der Waals surface area contributed by atoms with Crippen molar-refractivity contribution in [2.24, 2.45) is 5.92 Å². The Kier molecular flexibility index (Phi) is 5.14. The van der Waals surface area contributed by atoms with Crippen molar-refractivity contribution in [3.8, 4) is 0 Å². The first-order valence-electron chi connectivity index (χ1n) is 10.9. The molecule has 0 aliphatic carbocycles. The number of aromatic amines is 1. The number of hydrogen-bond acceptors (Lipinski definition) is 4. The van der Waals surface area contributed by atoms with Gasteiger partial charge in [0.1, 0.15) is 5.56 Å². The lowest BCUT2D eigenvalue weighted by Gasteiger charge is -2.29. The number of para-hydroxylation sites is 1. The number of nitrogens with one attached hydrogen (secondary N) is 1. The fraction of sp³-hybridized carbons (Fsp3) is 0.333. The highest BCUT2D eigenvalue weighted by Gasteiger charge is 2.30. The molecule has 1 aromatic heterocycles. The van der Waals surface area contributed by atoms with Crippen LogP contribution in [-0.2, 0) is 16.4 Å². The average Bonchev–Trinajstić information content (AvgIpc) is 3.23. The molecular weight excluding hydrogens is 426 g/mol. The first-order valence-corrected chi connectivity index (χ1v) is 12.4. The van der Waals surface area contributed by atoms with E-state index >= 15 is 0 Å². The lowest BCUT2D eigenvalue weighted by atomic mass is 10.0. The summed E-state index contributed by atoms with van der Waals surface area (Å²) in [5.41, 5.74) is 1.93. The Balaban J connectivity index is 1.53. The van der Waals surface area contributed by atoms with Crippen molar-refractivity contribution < 1.29 is 13.2 Å². The Hall–Kier alpha value is -2.97. The molecule has 1 N–H and O–H groups in total. The SMILES string of the molecule is CC1CCN(S(=O)(=O)c2ccc3[nH]cc(C(=O)N4CCc5ccccc54)c(=O)c3c2)CC1. The molecular formula is C24H25N3O4S. The van der Waals surface area contributed by atoms with E-state index in [1.54, 1.807) is 11.0 Å². The second-order valence-corrected chi connectivity index (χ2v) is 10.6. The maximum atomic E-state index is 13.3. The van der Waals surface area contributed by atoms with E-state index in [1.807, 2.05) is 24.3 Å². The lowest BCUT2D eigenvalue weighted by molar-refractivity contribution is 0.0988. The molecule has 1 fully saturated rings. The zero-order valence-electron chi connectivity index (χ0n) is 17.9. The number of sulfonamides is 1. The largest absolute Gasteiger partial charge is 0.360 e. The zero-order chi connectivity index (χ0) is 22.5. The number of rotatable bonds is 3. The summed E-state index contributed by atoms with van der Waals surface area (Å²) in [6, 6.07) is 12.2. The van der Waals surface area contributed by atoms with Crippen LogP contribution in [0.3, 0.4) is 0 Å². The Labute approximate surface area is 186 Å². The van der Waals surface area contributed by atoms with Gasteiger partial charge in [-0.1, -0.05) is 25.1 Å². The second kappa shape index (κ2) is 7.86. The summed E-state index contributed by atoms with van der Waals surface area (Å²) in [5.74, 6) is 0.126. The smallest absolute Gasteiger partial charge is 0.263 e. The highest BCUT2D eigenvalue weighted by molar-refractivity contribution is 7.89. The molecule has 166 valence electrons. The van der Waals surface area contributed by atoms with Gasteiger partial charge in [0, 0.05) is 42.4 Å². The predicted molar refractivity (Wildman–Crippen MR) is 124 cm³/mol. The summed E-state index contributed by atoms with van der Waals surface area (Å²) >= 11 is 0. The zero-order valence-corrected chi connectivity index (χ0v) is 18.7. The molecule has 0 atom stereocenters. The topological polar surface area (TPSA) is 90.6 Å². The highest BCUT2D eigenvalue weighted by atomic mass is 32.2. The summed E-state index contributed by atoms with van der Waals surface area (Å²) in [5, 5.41) is 0.204. The van der Waals surface area contributed by atoms with Gasteiger partial charge in [-0.3, -0.25) is 9.59 Å². The van der Waals surface area contributed by atoms with Crippen LogP contribution in [0, 0.1) is 5.92 Å². The van der Waals surface area contributed by atoms with Crippen molar-refractivity contribution in [1.29, 1.82) is 0 Å². The molecule has 7 nitrogen and oxygen atoms in total. The standard InChI is InChI=1S/C24H25N3O4S/c1-16-8-11-26(12-9-16)32(30,31)18-6-7-21-19(14-18)23(28)20(15-25-21)24(29)27-13-10-17-4-2-3-5-22(17)27/h2-7,14-16H,8-13H2,1H3,(H,25,28). The van der Waals surface area contributed by atoms with Crippen LogP contribution < -0.4 is 10.3 Å². The number of carbonyl (C=O) groups excluding carboxylic acids is 1. The molecule has 8 heteroatoms. The van der Waals surface area contributed by atoms with Crippen LogP contribution in [0.1, 0.15) is 35.7 Å². The van der Waals surface area contributed by atoms with Crippen LogP contribution in [0.5, 0.6) is 0 Å². The van der Waals surface area contributed by atoms with Crippen molar-refractivity contribution >= 4 is 32.5 Å². The first-order chi connectivity index (χ1) is 15.4. The van der Waals surface area contributed by atoms with Crippen molar-refractivity contribution in [3.63, 3.8) is 0 Å². The summed E-state index contributed by atoms with van der Waals surface area (Å²) in [4.78, 5) is 31.2. The summed E-state index contributed by atoms with van der Waals surface area (Å²) in [7, 11) is -3.70. The average molecular weight is 452 g/mol. The summed E-state index contributed by atoms with van der Waals surface area (Å²) in [6.07, 6.45) is 3.81. The van der Waals surface area contributed by atoms with Gasteiger partial charge in [0.2, 0.25) is 15.5 Å². The fourth-order valence-corrected chi connectivity index (χ4v) is 6.08. The maximum absolute atomic E-state index is 13.3. The number of fused-ring (bicyclic) bond motifs is 2. The van der Waals surface area contributed by atoms with Gasteiger partial charge >= 0.3 is 0 Å². The number of pyridine rings is 1. The quantitative estimate of drug-likeness (QED) is 0.662. The van der Waals surface area contributed by atoms with Crippen molar-refractivity contribution in [2.45, 2.75) is 31.1 Å². The minimum absolute atomic E-state index is 0.00977. The van der Waals surface area contributed by atoms with E-state index in [-0.39, 0.29) is 21.8 Å². The van der Waals surface area contributed by atoms with Crippen LogP contribution >= 0.6 is 0 Å². The van der Waals surface area contributed by atoms with E-state index in [9.17, 15) is 18.0 Å². The third-order valence-corrected chi connectivity index (χ3v) is 8.49. The van der Waals surface area contributed by atoms with Gasteiger partial charge in [-0.15, -0.1) is 0 Å². The van der Waals surface area contributed by atoms with E-state index in [1.165, 1.54) is 22.6 Å². The van der Waals surface area contributed by atoms with Gasteiger partial charge in [-0.2, -0.15) is 4.31 Å². The number of piperidine rings is 1. The predicted octanol–water partition coefficient (Wildman–Crippen LogP) is 3.15. The number of benzene rings is 2. The van der Waals surface area contributed by atoms with E-state index in [4.69, 9.17) is 0 Å². The molecule has 2 aliphatic rings. The highest BCUT2D eigenvalue weighted by Crippen LogP contribution is 2.29. The first kappa shape index (κ1) is 20.9. The number of anilines is 1. The van der Waals surface area contributed by atoms with Crippen LogP contribution in [0.2, 0.25) is 0 Å². The van der Waals surface area contributed by atoms with E-state index < -0.39 is 15.5 Å². The van der Waals surface area contributed by atoms with Crippen LogP contribution in [0.4, 0.5) is 5.69 Å². The van der Waals surface area contributed by atoms with Crippen molar-refractivity contribution in [1.82, 2.24) is 9.29 Å². The van der Waals surface area contributed by atoms with E-state index in [0.29, 0.717) is 31.1 Å². The molecule has 1 amide bonds. The van der Waals surface area contributed by atoms with Gasteiger partial charge in [0.05, 0.1) is 4.90 Å². The Bertz CT molecular complexity index is 1370. The monoisotopic (exact) mass is 451 g/mol. The number of hydrogen-bond donors (Lipinski definition) is 1. The molecule has 32 heavy (non-hydrogen) atoms. The lowest BCUT2D eigenvalue weighted by Crippen LogP contribution is -2.38. The van der Waals surface area contributed by atoms with Gasteiger partial charge < -0.3 is 9.88 Å². The molecule has 0 unspecified atom stereocenters. The molecule has 3 heterocycles. The fourth-order valence-electron chi connectivity index (χ4n) is 4.59. The van der Waals surface area contributed by atoms with Crippen LogP contribution in [0.15, 0.2) is 58.4 Å². The van der Waals surface area contributed by atoms with Crippen molar-refractivity contribution in [3.05, 3.63) is 70.0 Å². The number of aromatic nitrogens is 1. The normalized spacial score (nSPS) is 17.6. The number of amides is 1. The van der Waals surface area contributed by atoms with Gasteiger partial charge in [0.25, 0.3) is 5.91 Å². The number of H-pyrrole nitrogens is 1. The second-order valence-electron chi connectivity index (χ2n) is 8.66. The van der Waals surface area contributed by atoms with Gasteiger partial charge in [0.15, 0.2) is 0 Å². The molecule has 2 aromatic carbocycles. The molecule has 0 saturated carbocycles.